The monoisotopic (exact) mass is 384 g/mol. The lowest BCUT2D eigenvalue weighted by Gasteiger charge is -2.13. The topological polar surface area (TPSA) is 103 Å². The number of nitrogens with one attached hydrogen (secondary N) is 1. The van der Waals surface area contributed by atoms with Crippen molar-refractivity contribution in [1.29, 1.82) is 0 Å². The molecule has 1 amide bonds. The number of primary amides is 1. The van der Waals surface area contributed by atoms with Gasteiger partial charge in [0.1, 0.15) is 17.3 Å². The molecule has 7 heteroatoms. The molecule has 0 aliphatic carbocycles. The van der Waals surface area contributed by atoms with Crippen molar-refractivity contribution in [2.45, 2.75) is 13.8 Å². The number of amides is 1. The van der Waals surface area contributed by atoms with Gasteiger partial charge in [-0.15, -0.1) is 0 Å². The number of fused-ring (bicyclic) bond motifs is 1. The number of hydrogen-bond donors (Lipinski definition) is 2. The fraction of sp³-hybridized carbons (Fsp3) is 0.0909. The molecule has 0 saturated carbocycles. The maximum Gasteiger partial charge on any atom is 0.286 e. The number of aromatic nitrogens is 3. The number of rotatable bonds is 5. The highest BCUT2D eigenvalue weighted by molar-refractivity contribution is 5.96. The number of carbonyl (C=O) groups is 1. The highest BCUT2D eigenvalue weighted by Crippen LogP contribution is 2.29. The molecule has 2 aromatic carbocycles. The number of ether oxygens (including phenoxy) is 1. The molecule has 0 saturated heterocycles. The van der Waals surface area contributed by atoms with Crippen LogP contribution in [0.5, 0.6) is 11.5 Å². The predicted octanol–water partition coefficient (Wildman–Crippen LogP) is 4.08. The first kappa shape index (κ1) is 18.4. The van der Waals surface area contributed by atoms with E-state index >= 15 is 0 Å². The molecule has 0 bridgehead atoms. The molecule has 0 fully saturated rings. The molecule has 2 aromatic heterocycles. The van der Waals surface area contributed by atoms with Gasteiger partial charge in [-0.05, 0) is 67.9 Å². The number of anilines is 2. The summed E-state index contributed by atoms with van der Waals surface area (Å²) in [4.78, 5) is 24.3. The number of benzene rings is 2. The highest BCUT2D eigenvalue weighted by atomic mass is 16.5. The van der Waals surface area contributed by atoms with Gasteiger partial charge in [0.25, 0.3) is 5.91 Å². The van der Waals surface area contributed by atoms with E-state index in [4.69, 9.17) is 10.5 Å². The molecule has 0 aliphatic heterocycles. The molecule has 0 unspecified atom stereocenters. The average Bonchev–Trinajstić information content (AvgIpc) is 2.71. The molecule has 0 spiro atoms. The quantitative estimate of drug-likeness (QED) is 0.537. The van der Waals surface area contributed by atoms with Crippen LogP contribution in [0, 0.1) is 19.9 Å². The fourth-order valence-corrected chi connectivity index (χ4v) is 2.84. The minimum Gasteiger partial charge on any atom is -0.455 e. The van der Waals surface area contributed by atoms with Crippen molar-refractivity contribution in [3.63, 3.8) is 0 Å². The molecule has 0 aliphatic rings. The molecule has 1 radical (unpaired) electrons. The van der Waals surface area contributed by atoms with Gasteiger partial charge in [0.05, 0.1) is 11.7 Å². The Bertz CT molecular complexity index is 1210. The van der Waals surface area contributed by atoms with Crippen LogP contribution >= 0.6 is 0 Å². The second-order valence-corrected chi connectivity index (χ2v) is 6.55. The van der Waals surface area contributed by atoms with Gasteiger partial charge < -0.3 is 15.8 Å². The van der Waals surface area contributed by atoms with Crippen molar-refractivity contribution in [2.24, 2.45) is 5.73 Å². The van der Waals surface area contributed by atoms with Gasteiger partial charge in [-0.2, -0.15) is 0 Å². The van der Waals surface area contributed by atoms with Gasteiger partial charge in [-0.25, -0.2) is 9.97 Å². The van der Waals surface area contributed by atoms with Gasteiger partial charge >= 0.3 is 0 Å². The van der Waals surface area contributed by atoms with Crippen LogP contribution < -0.4 is 15.8 Å². The Kier molecular flexibility index (Phi) is 4.78. The summed E-state index contributed by atoms with van der Waals surface area (Å²) in [6, 6.07) is 17.7. The average molecular weight is 384 g/mol. The third kappa shape index (κ3) is 3.98. The molecule has 143 valence electrons. The molecule has 0 atom stereocenters. The summed E-state index contributed by atoms with van der Waals surface area (Å²) in [7, 11) is 0. The van der Waals surface area contributed by atoms with Gasteiger partial charge in [0.15, 0.2) is 0 Å². The smallest absolute Gasteiger partial charge is 0.286 e. The van der Waals surface area contributed by atoms with Crippen LogP contribution in [0.15, 0.2) is 54.7 Å². The number of pyridine rings is 1. The Morgan fingerprint density at radius 1 is 1.14 bits per heavy atom. The van der Waals surface area contributed by atoms with Crippen molar-refractivity contribution < 1.29 is 9.53 Å². The Morgan fingerprint density at radius 2 is 2.00 bits per heavy atom. The van der Waals surface area contributed by atoms with Crippen molar-refractivity contribution >= 4 is 28.3 Å². The van der Waals surface area contributed by atoms with Crippen LogP contribution in [0.3, 0.4) is 0 Å². The normalized spacial score (nSPS) is 10.7. The predicted molar refractivity (Wildman–Crippen MR) is 110 cm³/mol. The van der Waals surface area contributed by atoms with Gasteiger partial charge in [-0.1, -0.05) is 6.07 Å². The van der Waals surface area contributed by atoms with E-state index in [0.29, 0.717) is 17.1 Å². The molecule has 7 nitrogen and oxygen atoms in total. The van der Waals surface area contributed by atoms with Crippen molar-refractivity contribution in [1.82, 2.24) is 15.0 Å². The lowest BCUT2D eigenvalue weighted by atomic mass is 10.2. The zero-order chi connectivity index (χ0) is 20.4. The summed E-state index contributed by atoms with van der Waals surface area (Å²) in [6.45, 7) is 3.87. The first-order valence-electron chi connectivity index (χ1n) is 8.95. The van der Waals surface area contributed by atoms with E-state index < -0.39 is 5.91 Å². The van der Waals surface area contributed by atoms with Crippen LogP contribution in [0.4, 0.5) is 11.5 Å². The lowest BCUT2D eigenvalue weighted by molar-refractivity contribution is 0.0991. The summed E-state index contributed by atoms with van der Waals surface area (Å²) in [5, 5.41) is 3.97. The van der Waals surface area contributed by atoms with Crippen molar-refractivity contribution in [3.05, 3.63) is 77.9 Å². The first-order chi connectivity index (χ1) is 14.0. The van der Waals surface area contributed by atoms with Gasteiger partial charge in [0, 0.05) is 16.8 Å². The minimum atomic E-state index is -0.686. The van der Waals surface area contributed by atoms with E-state index in [9.17, 15) is 4.79 Å². The second-order valence-electron chi connectivity index (χ2n) is 6.55. The Labute approximate surface area is 167 Å². The third-order valence-corrected chi connectivity index (χ3v) is 4.31. The van der Waals surface area contributed by atoms with Gasteiger partial charge in [0.2, 0.25) is 5.82 Å². The Balaban J connectivity index is 1.64. The minimum absolute atomic E-state index is 0.0465. The molecule has 3 N–H and O–H groups in total. The highest BCUT2D eigenvalue weighted by Gasteiger charge is 2.12. The number of aryl methyl sites for hydroxylation is 2. The van der Waals surface area contributed by atoms with E-state index in [1.165, 1.54) is 0 Å². The first-order valence-corrected chi connectivity index (χ1v) is 8.95. The third-order valence-electron chi connectivity index (χ3n) is 4.31. The summed E-state index contributed by atoms with van der Waals surface area (Å²) < 4.78 is 5.91. The van der Waals surface area contributed by atoms with E-state index in [-0.39, 0.29) is 5.82 Å². The zero-order valence-corrected chi connectivity index (χ0v) is 15.9. The Morgan fingerprint density at radius 3 is 2.72 bits per heavy atom. The number of nitrogens with two attached hydrogens (primary N) is 1. The fourth-order valence-electron chi connectivity index (χ4n) is 2.84. The van der Waals surface area contributed by atoms with Crippen LogP contribution in [0.1, 0.15) is 21.9 Å². The molecule has 29 heavy (non-hydrogen) atoms. The van der Waals surface area contributed by atoms with Crippen LogP contribution in [0.2, 0.25) is 0 Å². The molecule has 4 aromatic rings. The molecule has 2 heterocycles. The van der Waals surface area contributed by atoms with E-state index in [2.05, 4.69) is 26.3 Å². The van der Waals surface area contributed by atoms with Crippen LogP contribution in [0.25, 0.3) is 10.9 Å². The summed E-state index contributed by atoms with van der Waals surface area (Å²) >= 11 is 0. The van der Waals surface area contributed by atoms with Crippen molar-refractivity contribution in [3.8, 4) is 11.5 Å². The summed E-state index contributed by atoms with van der Waals surface area (Å²) in [6.07, 6.45) is 1.69. The van der Waals surface area contributed by atoms with E-state index in [0.717, 1.165) is 28.1 Å². The van der Waals surface area contributed by atoms with Crippen LogP contribution in [-0.2, 0) is 0 Å². The maximum atomic E-state index is 11.6. The van der Waals surface area contributed by atoms with Gasteiger partial charge in [-0.3, -0.25) is 9.78 Å². The van der Waals surface area contributed by atoms with Crippen molar-refractivity contribution in [2.75, 3.05) is 5.32 Å². The molecular weight excluding hydrogens is 366 g/mol. The standard InChI is InChI=1S/C22H18N5O2/c1-13-11-15(8-10-19(13)29-16-9-7-14(2)24-12-16)25-21-17-5-3-4-6-18(17)26-22(27-21)20(23)28/h4-12H,1-2H3,(H2,23,28)(H,25,26,27). The van der Waals surface area contributed by atoms with E-state index in [1.807, 2.05) is 44.2 Å². The lowest BCUT2D eigenvalue weighted by Crippen LogP contribution is -2.16. The maximum absolute atomic E-state index is 11.6. The van der Waals surface area contributed by atoms with E-state index in [1.54, 1.807) is 24.4 Å². The zero-order valence-electron chi connectivity index (χ0n) is 15.9. The number of nitrogens with zero attached hydrogens (tertiary/aromatic N) is 3. The SMILES string of the molecule is Cc1ccc(Oc2ccc(Nc3nc(C(N)=O)nc4cc[c]cc34)cc2C)cn1. The molecule has 4 rings (SSSR count). The summed E-state index contributed by atoms with van der Waals surface area (Å²) in [5.41, 5.74) is 8.63. The number of carbonyl (C=O) groups excluding carboxylic acids is 1. The van der Waals surface area contributed by atoms with Crippen LogP contribution in [-0.4, -0.2) is 20.9 Å². The number of hydrogen-bond acceptors (Lipinski definition) is 6. The summed E-state index contributed by atoms with van der Waals surface area (Å²) in [5.74, 6) is 1.14. The second kappa shape index (κ2) is 7.55. The Hall–Kier alpha value is -4.00. The largest absolute Gasteiger partial charge is 0.455 e. The molecular formula is C22H18N5O2.